The fraction of sp³-hybridized carbons (Fsp3) is 0.333. The number of aromatic nitrogens is 1. The third-order valence-electron chi connectivity index (χ3n) is 3.62. The third-order valence-corrected chi connectivity index (χ3v) is 3.62. The van der Waals surface area contributed by atoms with Crippen LogP contribution in [0, 0.1) is 11.6 Å². The lowest BCUT2D eigenvalue weighted by Crippen LogP contribution is -2.25. The van der Waals surface area contributed by atoms with Crippen LogP contribution < -0.4 is 10.3 Å². The average molecular weight is 326 g/mol. The summed E-state index contributed by atoms with van der Waals surface area (Å²) < 4.78 is 30.3. The summed E-state index contributed by atoms with van der Waals surface area (Å²) in [6, 6.07) is 0.836. The molecule has 0 unspecified atom stereocenters. The number of aryl methyl sites for hydroxylation is 1. The van der Waals surface area contributed by atoms with Crippen LogP contribution in [0.15, 0.2) is 17.1 Å². The van der Waals surface area contributed by atoms with E-state index in [-0.39, 0.29) is 36.3 Å². The molecule has 0 aliphatic carbocycles. The van der Waals surface area contributed by atoms with E-state index in [1.165, 1.54) is 16.5 Å². The zero-order valence-electron chi connectivity index (χ0n) is 12.6. The van der Waals surface area contributed by atoms with E-state index in [0.717, 1.165) is 12.3 Å². The van der Waals surface area contributed by atoms with Crippen molar-refractivity contribution >= 4 is 22.6 Å². The third kappa shape index (κ3) is 2.77. The van der Waals surface area contributed by atoms with Gasteiger partial charge >= 0.3 is 5.97 Å². The number of benzene rings is 1. The van der Waals surface area contributed by atoms with Crippen molar-refractivity contribution in [3.05, 3.63) is 39.7 Å². The van der Waals surface area contributed by atoms with Crippen molar-refractivity contribution in [3.8, 4) is 0 Å². The number of pyridine rings is 1. The largest absolute Gasteiger partial charge is 0.477 e. The van der Waals surface area contributed by atoms with E-state index in [2.05, 4.69) is 0 Å². The van der Waals surface area contributed by atoms with E-state index in [9.17, 15) is 18.4 Å². The number of carbonyl (C=O) groups is 1. The van der Waals surface area contributed by atoms with E-state index < -0.39 is 28.6 Å². The van der Waals surface area contributed by atoms with E-state index in [0.29, 0.717) is 0 Å². The molecule has 124 valence electrons. The molecular formula is C15H16F2N2O4. The molecule has 0 atom stereocenters. The first-order chi connectivity index (χ1) is 10.8. The van der Waals surface area contributed by atoms with Gasteiger partial charge in [-0.15, -0.1) is 0 Å². The molecule has 0 fully saturated rings. The monoisotopic (exact) mass is 326 g/mol. The van der Waals surface area contributed by atoms with E-state index in [1.807, 2.05) is 0 Å². The average Bonchev–Trinajstić information content (AvgIpc) is 2.48. The number of nitrogens with zero attached hydrogens (tertiary/aromatic N) is 2. The van der Waals surface area contributed by atoms with Gasteiger partial charge in [0.2, 0.25) is 5.43 Å². The summed E-state index contributed by atoms with van der Waals surface area (Å²) in [6.07, 6.45) is 1.05. The molecule has 0 aliphatic heterocycles. The van der Waals surface area contributed by atoms with Crippen molar-refractivity contribution in [3.63, 3.8) is 0 Å². The van der Waals surface area contributed by atoms with Gasteiger partial charge in [0.05, 0.1) is 17.5 Å². The Morgan fingerprint density at radius 3 is 2.57 bits per heavy atom. The van der Waals surface area contributed by atoms with Crippen molar-refractivity contribution in [2.75, 3.05) is 25.1 Å². The van der Waals surface area contributed by atoms with Crippen LogP contribution in [0.5, 0.6) is 0 Å². The maximum Gasteiger partial charge on any atom is 0.341 e. The molecule has 2 N–H and O–H groups in total. The number of carboxylic acid groups (broad SMARTS) is 1. The highest BCUT2D eigenvalue weighted by Crippen LogP contribution is 2.29. The van der Waals surface area contributed by atoms with Gasteiger partial charge in [-0.25, -0.2) is 13.6 Å². The lowest BCUT2D eigenvalue weighted by atomic mass is 10.1. The van der Waals surface area contributed by atoms with Gasteiger partial charge in [-0.05, 0) is 13.0 Å². The topological polar surface area (TPSA) is 82.8 Å². The standard InChI is InChI=1S/C15H16F2N2O4/c1-3-19-7-9(15(22)23)14(21)8-6-10(16)13(11(17)12(8)19)18(2)4-5-20/h6-7,20H,3-5H2,1-2H3,(H,22,23). The maximum absolute atomic E-state index is 14.8. The Kier molecular flexibility index (Phi) is 4.65. The molecule has 0 aliphatic rings. The summed E-state index contributed by atoms with van der Waals surface area (Å²) in [5.74, 6) is -3.42. The van der Waals surface area contributed by atoms with Gasteiger partial charge in [-0.2, -0.15) is 0 Å². The van der Waals surface area contributed by atoms with Gasteiger partial charge in [-0.3, -0.25) is 4.79 Å². The van der Waals surface area contributed by atoms with Gasteiger partial charge in [0.1, 0.15) is 17.1 Å². The Hall–Kier alpha value is -2.48. The van der Waals surface area contributed by atoms with Gasteiger partial charge < -0.3 is 19.7 Å². The molecule has 8 heteroatoms. The summed E-state index contributed by atoms with van der Waals surface area (Å²) in [5.41, 5.74) is -2.03. The number of aromatic carboxylic acids is 1. The van der Waals surface area contributed by atoms with Crippen LogP contribution >= 0.6 is 0 Å². The zero-order chi connectivity index (χ0) is 17.3. The molecule has 0 saturated carbocycles. The minimum absolute atomic E-state index is 0.00289. The number of likely N-dealkylation sites (N-methyl/N-ethyl adjacent to an activating group) is 1. The molecule has 6 nitrogen and oxygen atoms in total. The fourth-order valence-electron chi connectivity index (χ4n) is 2.49. The number of carboxylic acids is 1. The minimum atomic E-state index is -1.46. The second kappa shape index (κ2) is 6.33. The fourth-order valence-corrected chi connectivity index (χ4v) is 2.49. The van der Waals surface area contributed by atoms with Gasteiger partial charge in [0, 0.05) is 26.3 Å². The highest BCUT2D eigenvalue weighted by atomic mass is 19.1. The van der Waals surface area contributed by atoms with Crippen molar-refractivity contribution in [2.24, 2.45) is 0 Å². The molecule has 0 bridgehead atoms. The summed E-state index contributed by atoms with van der Waals surface area (Å²) in [4.78, 5) is 24.5. The number of fused-ring (bicyclic) bond motifs is 1. The number of hydrogen-bond acceptors (Lipinski definition) is 4. The number of aliphatic hydroxyl groups is 1. The Morgan fingerprint density at radius 1 is 1.39 bits per heavy atom. The maximum atomic E-state index is 14.8. The van der Waals surface area contributed by atoms with Crippen molar-refractivity contribution in [1.82, 2.24) is 4.57 Å². The number of rotatable bonds is 5. The van der Waals surface area contributed by atoms with Crippen LogP contribution in [-0.4, -0.2) is 40.9 Å². The first-order valence-corrected chi connectivity index (χ1v) is 6.93. The van der Waals surface area contributed by atoms with Gasteiger partial charge in [0.15, 0.2) is 5.82 Å². The van der Waals surface area contributed by atoms with Crippen LogP contribution in [0.3, 0.4) is 0 Å². The second-order valence-electron chi connectivity index (χ2n) is 5.03. The van der Waals surface area contributed by atoms with Gasteiger partial charge in [-0.1, -0.05) is 0 Å². The Bertz CT molecular complexity index is 833. The van der Waals surface area contributed by atoms with Crippen LogP contribution in [0.4, 0.5) is 14.5 Å². The molecule has 23 heavy (non-hydrogen) atoms. The molecule has 1 heterocycles. The summed E-state index contributed by atoms with van der Waals surface area (Å²) in [5, 5.41) is 17.7. The zero-order valence-corrected chi connectivity index (χ0v) is 12.6. The van der Waals surface area contributed by atoms with Crippen molar-refractivity contribution in [2.45, 2.75) is 13.5 Å². The Balaban J connectivity index is 2.92. The lowest BCUT2D eigenvalue weighted by molar-refractivity contribution is 0.0695. The van der Waals surface area contributed by atoms with Crippen LogP contribution in [0.2, 0.25) is 0 Å². The quantitative estimate of drug-likeness (QED) is 0.868. The highest BCUT2D eigenvalue weighted by molar-refractivity contribution is 5.93. The molecule has 2 aromatic rings. The second-order valence-corrected chi connectivity index (χ2v) is 5.03. The molecule has 2 rings (SSSR count). The first kappa shape index (κ1) is 16.9. The predicted molar refractivity (Wildman–Crippen MR) is 81.1 cm³/mol. The molecule has 0 spiro atoms. The van der Waals surface area contributed by atoms with Crippen LogP contribution in [-0.2, 0) is 6.54 Å². The number of halogens is 2. The molecule has 1 aromatic carbocycles. The van der Waals surface area contributed by atoms with Crippen LogP contribution in [0.25, 0.3) is 10.9 Å². The number of aliphatic hydroxyl groups excluding tert-OH is 1. The molecule has 1 aromatic heterocycles. The van der Waals surface area contributed by atoms with Crippen LogP contribution in [0.1, 0.15) is 17.3 Å². The van der Waals surface area contributed by atoms with Crippen molar-refractivity contribution < 1.29 is 23.8 Å². The summed E-state index contributed by atoms with van der Waals surface area (Å²) in [6.45, 7) is 1.55. The van der Waals surface area contributed by atoms with Crippen molar-refractivity contribution in [1.29, 1.82) is 0 Å². The Labute approximate surface area is 130 Å². The van der Waals surface area contributed by atoms with E-state index in [4.69, 9.17) is 10.2 Å². The normalized spacial score (nSPS) is 11.0. The molecule has 0 saturated heterocycles. The minimum Gasteiger partial charge on any atom is -0.477 e. The molecule has 0 amide bonds. The van der Waals surface area contributed by atoms with E-state index in [1.54, 1.807) is 6.92 Å². The van der Waals surface area contributed by atoms with Gasteiger partial charge in [0.25, 0.3) is 0 Å². The van der Waals surface area contributed by atoms with E-state index >= 15 is 0 Å². The predicted octanol–water partition coefficient (Wildman–Crippen LogP) is 1.43. The first-order valence-electron chi connectivity index (χ1n) is 6.93. The summed E-state index contributed by atoms with van der Waals surface area (Å²) in [7, 11) is 1.41. The smallest absolute Gasteiger partial charge is 0.341 e. The lowest BCUT2D eigenvalue weighted by Gasteiger charge is -2.21. The summed E-state index contributed by atoms with van der Waals surface area (Å²) >= 11 is 0. The highest BCUT2D eigenvalue weighted by Gasteiger charge is 2.23. The number of anilines is 1. The molecular weight excluding hydrogens is 310 g/mol. The molecule has 0 radical (unpaired) electrons. The Morgan fingerprint density at radius 2 is 2.04 bits per heavy atom. The number of hydrogen-bond donors (Lipinski definition) is 2. The SMILES string of the molecule is CCn1cc(C(=O)O)c(=O)c2cc(F)c(N(C)CCO)c(F)c21.